The molecule has 1 aromatic carbocycles. The Morgan fingerprint density at radius 3 is 2.78 bits per heavy atom. The lowest BCUT2D eigenvalue weighted by Crippen LogP contribution is -2.41. The summed E-state index contributed by atoms with van der Waals surface area (Å²) in [5, 5.41) is 2.74. The number of hydrogen-bond acceptors (Lipinski definition) is 4. The average molecular weight is 320 g/mol. The number of rotatable bonds is 7. The van der Waals surface area contributed by atoms with Crippen molar-refractivity contribution in [2.75, 3.05) is 32.2 Å². The molecule has 126 valence electrons. The molecule has 1 aliphatic heterocycles. The predicted octanol–water partition coefficient (Wildman–Crippen LogP) is 2.29. The van der Waals surface area contributed by atoms with E-state index in [-0.39, 0.29) is 24.5 Å². The van der Waals surface area contributed by atoms with E-state index in [1.165, 1.54) is 0 Å². The fraction of sp³-hybridized carbons (Fsp3) is 0.529. The van der Waals surface area contributed by atoms with Crippen molar-refractivity contribution in [1.82, 2.24) is 4.90 Å². The van der Waals surface area contributed by atoms with E-state index in [0.29, 0.717) is 30.2 Å². The van der Waals surface area contributed by atoms with E-state index in [0.717, 1.165) is 12.8 Å². The lowest BCUT2D eigenvalue weighted by molar-refractivity contribution is -0.118. The second-order valence-corrected chi connectivity index (χ2v) is 5.51. The van der Waals surface area contributed by atoms with E-state index in [9.17, 15) is 9.59 Å². The number of anilines is 1. The predicted molar refractivity (Wildman–Crippen MR) is 87.8 cm³/mol. The summed E-state index contributed by atoms with van der Waals surface area (Å²) in [6.45, 7) is 5.19. The number of nitrogens with one attached hydrogen (secondary N) is 1. The van der Waals surface area contributed by atoms with Gasteiger partial charge >= 0.3 is 0 Å². The van der Waals surface area contributed by atoms with Gasteiger partial charge in [0.05, 0.1) is 12.3 Å². The summed E-state index contributed by atoms with van der Waals surface area (Å²) in [5.41, 5.74) is 1.08. The monoisotopic (exact) mass is 320 g/mol. The van der Waals surface area contributed by atoms with Crippen molar-refractivity contribution in [1.29, 1.82) is 0 Å². The van der Waals surface area contributed by atoms with Crippen LogP contribution in [0.3, 0.4) is 0 Å². The highest BCUT2D eigenvalue weighted by atomic mass is 16.5. The highest BCUT2D eigenvalue weighted by Crippen LogP contribution is 2.29. The Hall–Kier alpha value is -2.08. The first-order valence-corrected chi connectivity index (χ1v) is 7.97. The lowest BCUT2D eigenvalue weighted by Gasteiger charge is -2.31. The molecule has 0 bridgehead atoms. The molecule has 0 saturated heterocycles. The summed E-state index contributed by atoms with van der Waals surface area (Å²) in [4.78, 5) is 26.2. The summed E-state index contributed by atoms with van der Waals surface area (Å²) in [6.07, 6.45) is 1.77. The maximum Gasteiger partial charge on any atom is 0.262 e. The molecule has 0 spiro atoms. The number of fused-ring (bicyclic) bond motifs is 1. The maximum absolute atomic E-state index is 12.9. The number of benzene rings is 1. The molecule has 2 rings (SSSR count). The Kier molecular flexibility index (Phi) is 5.98. The SMILES string of the molecule is CCC(CC)N(CCOC)C(=O)c1ccc2c(c1)NC(=O)CO2. The van der Waals surface area contributed by atoms with Gasteiger partial charge in [0.25, 0.3) is 11.8 Å². The molecule has 1 N–H and O–H groups in total. The van der Waals surface area contributed by atoms with Crippen molar-refractivity contribution < 1.29 is 19.1 Å². The van der Waals surface area contributed by atoms with Gasteiger partial charge in [-0.25, -0.2) is 0 Å². The number of ether oxygens (including phenoxy) is 2. The maximum atomic E-state index is 12.9. The van der Waals surface area contributed by atoms with E-state index in [2.05, 4.69) is 19.2 Å². The summed E-state index contributed by atoms with van der Waals surface area (Å²) >= 11 is 0. The molecule has 1 aliphatic rings. The summed E-state index contributed by atoms with van der Waals surface area (Å²) in [5.74, 6) is 0.323. The molecule has 0 radical (unpaired) electrons. The Labute approximate surface area is 136 Å². The average Bonchev–Trinajstić information content (AvgIpc) is 2.57. The fourth-order valence-electron chi connectivity index (χ4n) is 2.75. The Bertz CT molecular complexity index is 570. The molecule has 0 aromatic heterocycles. The number of carbonyl (C=O) groups excluding carboxylic acids is 2. The van der Waals surface area contributed by atoms with Gasteiger partial charge in [0.1, 0.15) is 5.75 Å². The fourth-order valence-corrected chi connectivity index (χ4v) is 2.75. The molecule has 1 aromatic rings. The van der Waals surface area contributed by atoms with Gasteiger partial charge in [0, 0.05) is 25.3 Å². The van der Waals surface area contributed by atoms with Crippen LogP contribution in [-0.4, -0.2) is 49.6 Å². The van der Waals surface area contributed by atoms with E-state index in [4.69, 9.17) is 9.47 Å². The Morgan fingerprint density at radius 2 is 2.13 bits per heavy atom. The number of carbonyl (C=O) groups is 2. The van der Waals surface area contributed by atoms with Crippen molar-refractivity contribution in [2.45, 2.75) is 32.7 Å². The van der Waals surface area contributed by atoms with Crippen molar-refractivity contribution in [3.05, 3.63) is 23.8 Å². The second kappa shape index (κ2) is 7.97. The van der Waals surface area contributed by atoms with Crippen LogP contribution in [0.15, 0.2) is 18.2 Å². The van der Waals surface area contributed by atoms with E-state index >= 15 is 0 Å². The van der Waals surface area contributed by atoms with Crippen LogP contribution in [0.2, 0.25) is 0 Å². The van der Waals surface area contributed by atoms with Gasteiger partial charge in [0.15, 0.2) is 6.61 Å². The summed E-state index contributed by atoms with van der Waals surface area (Å²) < 4.78 is 10.5. The van der Waals surface area contributed by atoms with Gasteiger partial charge in [-0.2, -0.15) is 0 Å². The summed E-state index contributed by atoms with van der Waals surface area (Å²) in [7, 11) is 1.63. The van der Waals surface area contributed by atoms with Crippen LogP contribution >= 0.6 is 0 Å². The minimum atomic E-state index is -0.210. The van der Waals surface area contributed by atoms with Gasteiger partial charge in [-0.1, -0.05) is 13.8 Å². The molecule has 6 nitrogen and oxygen atoms in total. The van der Waals surface area contributed by atoms with Crippen LogP contribution in [0, 0.1) is 0 Å². The molecule has 0 atom stereocenters. The zero-order valence-corrected chi connectivity index (χ0v) is 13.9. The van der Waals surface area contributed by atoms with Crippen LogP contribution in [0.1, 0.15) is 37.0 Å². The van der Waals surface area contributed by atoms with Crippen molar-refractivity contribution in [3.8, 4) is 5.75 Å². The van der Waals surface area contributed by atoms with Crippen LogP contribution in [0.4, 0.5) is 5.69 Å². The minimum absolute atomic E-state index is 0.00794. The standard InChI is InChI=1S/C17H24N2O4/c1-4-13(5-2)19(8-9-22-3)17(21)12-6-7-15-14(10-12)18-16(20)11-23-15/h6-7,10,13H,4-5,8-9,11H2,1-3H3,(H,18,20). The largest absolute Gasteiger partial charge is 0.482 e. The van der Waals surface area contributed by atoms with Gasteiger partial charge in [-0.05, 0) is 31.0 Å². The topological polar surface area (TPSA) is 67.9 Å². The van der Waals surface area contributed by atoms with Gasteiger partial charge in [-0.3, -0.25) is 9.59 Å². The lowest BCUT2D eigenvalue weighted by atomic mass is 10.1. The first-order chi connectivity index (χ1) is 11.1. The zero-order chi connectivity index (χ0) is 16.8. The molecule has 1 heterocycles. The number of amides is 2. The third-order valence-electron chi connectivity index (χ3n) is 4.04. The van der Waals surface area contributed by atoms with Crippen LogP contribution in [-0.2, 0) is 9.53 Å². The molecular weight excluding hydrogens is 296 g/mol. The van der Waals surface area contributed by atoms with Gasteiger partial charge < -0.3 is 19.7 Å². The van der Waals surface area contributed by atoms with Crippen molar-refractivity contribution in [2.24, 2.45) is 0 Å². The Balaban J connectivity index is 2.25. The van der Waals surface area contributed by atoms with Crippen molar-refractivity contribution in [3.63, 3.8) is 0 Å². The van der Waals surface area contributed by atoms with E-state index < -0.39 is 0 Å². The number of nitrogens with zero attached hydrogens (tertiary/aromatic N) is 1. The van der Waals surface area contributed by atoms with Crippen LogP contribution in [0.5, 0.6) is 5.75 Å². The molecule has 0 aliphatic carbocycles. The number of methoxy groups -OCH3 is 1. The molecular formula is C17H24N2O4. The highest BCUT2D eigenvalue weighted by molar-refractivity contribution is 6.00. The zero-order valence-electron chi connectivity index (χ0n) is 13.9. The third kappa shape index (κ3) is 4.01. The van der Waals surface area contributed by atoms with Crippen LogP contribution < -0.4 is 10.1 Å². The quantitative estimate of drug-likeness (QED) is 0.837. The molecule has 6 heteroatoms. The molecule has 23 heavy (non-hydrogen) atoms. The van der Waals surface area contributed by atoms with E-state index in [1.807, 2.05) is 4.90 Å². The molecule has 0 unspecified atom stereocenters. The van der Waals surface area contributed by atoms with E-state index in [1.54, 1.807) is 25.3 Å². The Morgan fingerprint density at radius 1 is 1.39 bits per heavy atom. The highest BCUT2D eigenvalue weighted by Gasteiger charge is 2.24. The molecule has 0 fully saturated rings. The minimum Gasteiger partial charge on any atom is -0.482 e. The molecule has 0 saturated carbocycles. The second-order valence-electron chi connectivity index (χ2n) is 5.51. The smallest absolute Gasteiger partial charge is 0.262 e. The van der Waals surface area contributed by atoms with Crippen LogP contribution in [0.25, 0.3) is 0 Å². The summed E-state index contributed by atoms with van der Waals surface area (Å²) in [6, 6.07) is 5.31. The van der Waals surface area contributed by atoms with Gasteiger partial charge in [-0.15, -0.1) is 0 Å². The van der Waals surface area contributed by atoms with Crippen molar-refractivity contribution >= 4 is 17.5 Å². The normalized spacial score (nSPS) is 13.3. The first kappa shape index (κ1) is 17.3. The first-order valence-electron chi connectivity index (χ1n) is 7.97. The van der Waals surface area contributed by atoms with Gasteiger partial charge in [0.2, 0.25) is 0 Å². The third-order valence-corrected chi connectivity index (χ3v) is 4.04. The number of hydrogen-bond donors (Lipinski definition) is 1. The molecule has 2 amide bonds.